The Morgan fingerprint density at radius 3 is 2.35 bits per heavy atom. The topological polar surface area (TPSA) is 130 Å². The van der Waals surface area contributed by atoms with E-state index in [1.165, 1.54) is 12.1 Å². The molecule has 0 saturated carbocycles. The van der Waals surface area contributed by atoms with Gasteiger partial charge in [-0.15, -0.1) is 0 Å². The monoisotopic (exact) mass is 372 g/mol. The number of benzene rings is 3. The number of hydrogen-bond donors (Lipinski definition) is 4. The molecule has 0 radical (unpaired) electrons. The molecule has 3 aromatic carbocycles. The summed E-state index contributed by atoms with van der Waals surface area (Å²) < 4.78 is 32.5. The van der Waals surface area contributed by atoms with Gasteiger partial charge < -0.3 is 16.2 Å². The minimum atomic E-state index is -4.55. The molecule has 7 nitrogen and oxygen atoms in total. The van der Waals surface area contributed by atoms with Gasteiger partial charge in [0.05, 0.1) is 11.3 Å². The number of rotatable bonds is 3. The van der Waals surface area contributed by atoms with Crippen molar-refractivity contribution in [3.8, 4) is 5.75 Å². The van der Waals surface area contributed by atoms with Gasteiger partial charge in [0.15, 0.2) is 0 Å². The van der Waals surface area contributed by atoms with Crippen molar-refractivity contribution in [1.29, 1.82) is 0 Å². The standard InChI is InChI=1S/C18H16N2O5S/c1-10-6-7-13(14(19)8-10)18(22)20-17-12-5-3-2-4-11(12)16(9-15(17)21)26(23,24)25/h2-9,21H,19H2,1H3,(H,20,22)(H,23,24,25). The highest BCUT2D eigenvalue weighted by molar-refractivity contribution is 7.86. The minimum Gasteiger partial charge on any atom is -0.506 e. The first kappa shape index (κ1) is 17.7. The maximum absolute atomic E-state index is 12.6. The van der Waals surface area contributed by atoms with Gasteiger partial charge in [-0.25, -0.2) is 0 Å². The SMILES string of the molecule is Cc1ccc(C(=O)Nc2c(O)cc(S(=O)(=O)O)c3ccccc23)c(N)c1. The van der Waals surface area contributed by atoms with E-state index in [4.69, 9.17) is 5.73 Å². The average Bonchev–Trinajstić information content (AvgIpc) is 2.56. The lowest BCUT2D eigenvalue weighted by molar-refractivity contribution is 0.102. The second-order valence-corrected chi connectivity index (χ2v) is 7.22. The van der Waals surface area contributed by atoms with Crippen LogP contribution >= 0.6 is 0 Å². The molecule has 0 spiro atoms. The van der Waals surface area contributed by atoms with Crippen molar-refractivity contribution in [3.05, 3.63) is 59.7 Å². The number of nitrogens with one attached hydrogen (secondary N) is 1. The van der Waals surface area contributed by atoms with Crippen LogP contribution in [0.4, 0.5) is 11.4 Å². The second-order valence-electron chi connectivity index (χ2n) is 5.83. The second kappa shape index (κ2) is 6.32. The van der Waals surface area contributed by atoms with E-state index in [-0.39, 0.29) is 27.7 Å². The summed E-state index contributed by atoms with van der Waals surface area (Å²) in [6.45, 7) is 1.84. The fourth-order valence-electron chi connectivity index (χ4n) is 2.74. The Labute approximate surface area is 149 Å². The highest BCUT2D eigenvalue weighted by Crippen LogP contribution is 2.37. The zero-order valence-corrected chi connectivity index (χ0v) is 14.5. The molecule has 0 aliphatic carbocycles. The average molecular weight is 372 g/mol. The number of aromatic hydroxyl groups is 1. The van der Waals surface area contributed by atoms with Crippen molar-refractivity contribution in [3.63, 3.8) is 0 Å². The maximum Gasteiger partial charge on any atom is 0.295 e. The van der Waals surface area contributed by atoms with E-state index in [0.717, 1.165) is 11.6 Å². The van der Waals surface area contributed by atoms with Gasteiger partial charge in [0, 0.05) is 22.5 Å². The zero-order valence-electron chi connectivity index (χ0n) is 13.7. The molecule has 8 heteroatoms. The van der Waals surface area contributed by atoms with Crippen molar-refractivity contribution in [2.45, 2.75) is 11.8 Å². The molecule has 0 atom stereocenters. The van der Waals surface area contributed by atoms with Crippen molar-refractivity contribution >= 4 is 38.2 Å². The number of amides is 1. The van der Waals surface area contributed by atoms with Crippen molar-refractivity contribution in [1.82, 2.24) is 0 Å². The largest absolute Gasteiger partial charge is 0.506 e. The molecule has 3 aromatic rings. The van der Waals surface area contributed by atoms with Crippen molar-refractivity contribution < 1.29 is 22.9 Å². The number of phenols is 1. The number of carbonyl (C=O) groups is 1. The van der Waals surface area contributed by atoms with Crippen LogP contribution in [0.2, 0.25) is 0 Å². The Balaban J connectivity index is 2.14. The third-order valence-corrected chi connectivity index (χ3v) is 4.85. The summed E-state index contributed by atoms with van der Waals surface area (Å²) in [5.41, 5.74) is 7.29. The first-order valence-electron chi connectivity index (χ1n) is 7.58. The van der Waals surface area contributed by atoms with Gasteiger partial charge in [-0.05, 0) is 24.6 Å². The highest BCUT2D eigenvalue weighted by atomic mass is 32.2. The Morgan fingerprint density at radius 1 is 1.08 bits per heavy atom. The van der Waals surface area contributed by atoms with Gasteiger partial charge in [-0.3, -0.25) is 9.35 Å². The maximum atomic E-state index is 12.6. The molecule has 0 aliphatic rings. The number of hydrogen-bond acceptors (Lipinski definition) is 5. The van der Waals surface area contributed by atoms with E-state index < -0.39 is 26.7 Å². The van der Waals surface area contributed by atoms with E-state index in [1.54, 1.807) is 30.3 Å². The molecule has 0 heterocycles. The molecule has 0 fully saturated rings. The van der Waals surface area contributed by atoms with E-state index >= 15 is 0 Å². The molecule has 0 unspecified atom stereocenters. The van der Waals surface area contributed by atoms with Gasteiger partial charge >= 0.3 is 0 Å². The van der Waals surface area contributed by atoms with Gasteiger partial charge in [0.2, 0.25) is 0 Å². The molecular weight excluding hydrogens is 356 g/mol. The smallest absolute Gasteiger partial charge is 0.295 e. The third kappa shape index (κ3) is 3.19. The van der Waals surface area contributed by atoms with Crippen LogP contribution in [0, 0.1) is 6.92 Å². The van der Waals surface area contributed by atoms with Crippen LogP contribution in [0.1, 0.15) is 15.9 Å². The summed E-state index contributed by atoms with van der Waals surface area (Å²) in [7, 11) is -4.55. The van der Waals surface area contributed by atoms with Gasteiger partial charge in [-0.1, -0.05) is 30.3 Å². The summed E-state index contributed by atoms with van der Waals surface area (Å²) in [5.74, 6) is -1.04. The highest BCUT2D eigenvalue weighted by Gasteiger charge is 2.21. The lowest BCUT2D eigenvalue weighted by Gasteiger charge is -2.14. The van der Waals surface area contributed by atoms with E-state index in [0.29, 0.717) is 0 Å². The van der Waals surface area contributed by atoms with Gasteiger partial charge in [0.1, 0.15) is 10.6 Å². The van der Waals surface area contributed by atoms with Gasteiger partial charge in [-0.2, -0.15) is 8.42 Å². The summed E-state index contributed by atoms with van der Waals surface area (Å²) in [5, 5.41) is 13.2. The summed E-state index contributed by atoms with van der Waals surface area (Å²) in [6.07, 6.45) is 0. The first-order valence-corrected chi connectivity index (χ1v) is 9.02. The molecule has 5 N–H and O–H groups in total. The van der Waals surface area contributed by atoms with Crippen LogP contribution in [-0.2, 0) is 10.1 Å². The van der Waals surface area contributed by atoms with Crippen molar-refractivity contribution in [2.24, 2.45) is 0 Å². The van der Waals surface area contributed by atoms with Crippen LogP contribution in [0.15, 0.2) is 53.4 Å². The lowest BCUT2D eigenvalue weighted by Crippen LogP contribution is -2.15. The molecule has 1 amide bonds. The lowest BCUT2D eigenvalue weighted by atomic mass is 10.1. The summed E-state index contributed by atoms with van der Waals surface area (Å²) >= 11 is 0. The number of fused-ring (bicyclic) bond motifs is 1. The Kier molecular flexibility index (Phi) is 4.31. The number of aryl methyl sites for hydroxylation is 1. The molecule has 0 aliphatic heterocycles. The minimum absolute atomic E-state index is 0.0259. The predicted molar refractivity (Wildman–Crippen MR) is 99.0 cm³/mol. The van der Waals surface area contributed by atoms with Crippen LogP contribution in [0.25, 0.3) is 10.8 Å². The molecule has 0 bridgehead atoms. The molecule has 134 valence electrons. The Hall–Kier alpha value is -3.10. The fourth-order valence-corrected chi connectivity index (χ4v) is 3.46. The third-order valence-electron chi connectivity index (χ3n) is 3.95. The van der Waals surface area contributed by atoms with E-state index in [9.17, 15) is 22.9 Å². The number of nitrogen functional groups attached to an aromatic ring is 1. The van der Waals surface area contributed by atoms with Crippen LogP contribution in [0.5, 0.6) is 5.75 Å². The van der Waals surface area contributed by atoms with Crippen molar-refractivity contribution in [2.75, 3.05) is 11.1 Å². The first-order chi connectivity index (χ1) is 12.2. The fraction of sp³-hybridized carbons (Fsp3) is 0.0556. The molecule has 3 rings (SSSR count). The predicted octanol–water partition coefficient (Wildman–Crippen LogP) is 2.94. The number of phenolic OH excluding ortho intramolecular Hbond substituents is 1. The Morgan fingerprint density at radius 2 is 1.73 bits per heavy atom. The number of nitrogens with two attached hydrogens (primary N) is 1. The normalized spacial score (nSPS) is 11.5. The quantitative estimate of drug-likeness (QED) is 0.318. The van der Waals surface area contributed by atoms with E-state index in [1.807, 2.05) is 6.92 Å². The molecule has 0 saturated heterocycles. The van der Waals surface area contributed by atoms with Crippen LogP contribution < -0.4 is 11.1 Å². The summed E-state index contributed by atoms with van der Waals surface area (Å²) in [4.78, 5) is 12.1. The van der Waals surface area contributed by atoms with Crippen LogP contribution in [0.3, 0.4) is 0 Å². The Bertz CT molecular complexity index is 1140. The van der Waals surface area contributed by atoms with Gasteiger partial charge in [0.25, 0.3) is 16.0 Å². The molecule has 0 aromatic heterocycles. The molecular formula is C18H16N2O5S. The molecule has 26 heavy (non-hydrogen) atoms. The number of carbonyl (C=O) groups excluding carboxylic acids is 1. The summed E-state index contributed by atoms with van der Waals surface area (Å²) in [6, 6.07) is 12.0. The van der Waals surface area contributed by atoms with E-state index in [2.05, 4.69) is 5.32 Å². The zero-order chi connectivity index (χ0) is 19.1. The number of anilines is 2. The van der Waals surface area contributed by atoms with Crippen LogP contribution in [-0.4, -0.2) is 24.0 Å².